The smallest absolute Gasteiger partial charge is 0.221 e. The van der Waals surface area contributed by atoms with Crippen LogP contribution in [0.5, 0.6) is 0 Å². The van der Waals surface area contributed by atoms with Crippen LogP contribution in [0.4, 0.5) is 11.5 Å². The Bertz CT molecular complexity index is 1110. The first-order valence-corrected chi connectivity index (χ1v) is 8.96. The molecule has 0 spiro atoms. The summed E-state index contributed by atoms with van der Waals surface area (Å²) in [5.74, 6) is 1.19. The van der Waals surface area contributed by atoms with Crippen LogP contribution in [0.25, 0.3) is 22.3 Å². The molecule has 0 unspecified atom stereocenters. The van der Waals surface area contributed by atoms with Gasteiger partial charge in [0.1, 0.15) is 5.82 Å². The Morgan fingerprint density at radius 2 is 1.86 bits per heavy atom. The Kier molecular flexibility index (Phi) is 4.93. The Morgan fingerprint density at radius 3 is 2.61 bits per heavy atom. The van der Waals surface area contributed by atoms with Crippen molar-refractivity contribution in [3.63, 3.8) is 0 Å². The molecule has 28 heavy (non-hydrogen) atoms. The number of rotatable bonds is 5. The van der Waals surface area contributed by atoms with Crippen LogP contribution in [-0.2, 0) is 11.3 Å². The third-order valence-electron chi connectivity index (χ3n) is 4.24. The average Bonchev–Trinajstić information content (AvgIpc) is 2.73. The van der Waals surface area contributed by atoms with Crippen LogP contribution in [0.1, 0.15) is 12.5 Å². The highest BCUT2D eigenvalue weighted by Gasteiger charge is 2.11. The van der Waals surface area contributed by atoms with E-state index in [4.69, 9.17) is 4.98 Å². The van der Waals surface area contributed by atoms with E-state index < -0.39 is 0 Å². The van der Waals surface area contributed by atoms with E-state index in [-0.39, 0.29) is 5.91 Å². The van der Waals surface area contributed by atoms with Crippen molar-refractivity contribution in [1.29, 1.82) is 0 Å². The molecule has 2 aromatic carbocycles. The van der Waals surface area contributed by atoms with E-state index in [1.165, 1.54) is 6.92 Å². The summed E-state index contributed by atoms with van der Waals surface area (Å²) in [6, 6.07) is 19.5. The normalized spacial score (nSPS) is 10.6. The zero-order valence-corrected chi connectivity index (χ0v) is 15.4. The second-order valence-electron chi connectivity index (χ2n) is 6.39. The van der Waals surface area contributed by atoms with Crippen molar-refractivity contribution in [1.82, 2.24) is 15.0 Å². The number of aromatic nitrogens is 3. The van der Waals surface area contributed by atoms with Gasteiger partial charge in [0.05, 0.1) is 5.52 Å². The zero-order chi connectivity index (χ0) is 19.3. The van der Waals surface area contributed by atoms with Crippen LogP contribution in [0.3, 0.4) is 0 Å². The summed E-state index contributed by atoms with van der Waals surface area (Å²) in [7, 11) is 0. The Morgan fingerprint density at radius 1 is 1.00 bits per heavy atom. The van der Waals surface area contributed by atoms with E-state index in [0.717, 1.165) is 22.0 Å². The lowest BCUT2D eigenvalue weighted by molar-refractivity contribution is -0.114. The standard InChI is InChI=1S/C22H19N5O/c1-15(28)25-18-9-10-20-19(12-18)22(24-13-16-6-3-2-4-7-16)27-21(26-20)17-8-5-11-23-14-17/h2-12,14H,13H2,1H3,(H,25,28)(H,24,26,27). The molecule has 0 aliphatic heterocycles. The summed E-state index contributed by atoms with van der Waals surface area (Å²) in [4.78, 5) is 25.0. The first-order valence-electron chi connectivity index (χ1n) is 8.96. The van der Waals surface area contributed by atoms with E-state index in [1.54, 1.807) is 12.4 Å². The summed E-state index contributed by atoms with van der Waals surface area (Å²) in [5, 5.41) is 7.06. The summed E-state index contributed by atoms with van der Waals surface area (Å²) in [5.41, 5.74) is 3.49. The molecule has 6 nitrogen and oxygen atoms in total. The molecule has 4 aromatic rings. The number of carbonyl (C=O) groups excluding carboxylic acids is 1. The second-order valence-corrected chi connectivity index (χ2v) is 6.39. The molecule has 6 heteroatoms. The molecule has 0 radical (unpaired) electrons. The van der Waals surface area contributed by atoms with Crippen LogP contribution in [0.2, 0.25) is 0 Å². The molecule has 1 amide bonds. The molecule has 2 aromatic heterocycles. The lowest BCUT2D eigenvalue weighted by atomic mass is 10.1. The zero-order valence-electron chi connectivity index (χ0n) is 15.4. The molecular weight excluding hydrogens is 350 g/mol. The molecule has 138 valence electrons. The SMILES string of the molecule is CC(=O)Nc1ccc2nc(-c3cccnc3)nc(NCc3ccccc3)c2c1. The molecule has 0 saturated heterocycles. The molecular formula is C22H19N5O. The fourth-order valence-corrected chi connectivity index (χ4v) is 2.95. The Hall–Kier alpha value is -3.80. The summed E-state index contributed by atoms with van der Waals surface area (Å²) < 4.78 is 0. The van der Waals surface area contributed by atoms with Crippen molar-refractivity contribution in [2.24, 2.45) is 0 Å². The molecule has 4 rings (SSSR count). The van der Waals surface area contributed by atoms with Gasteiger partial charge in [-0.1, -0.05) is 30.3 Å². The molecule has 0 bridgehead atoms. The maximum Gasteiger partial charge on any atom is 0.221 e. The van der Waals surface area contributed by atoms with E-state index >= 15 is 0 Å². The maximum atomic E-state index is 11.4. The van der Waals surface area contributed by atoms with Crippen LogP contribution < -0.4 is 10.6 Å². The van der Waals surface area contributed by atoms with Gasteiger partial charge in [0.2, 0.25) is 5.91 Å². The minimum Gasteiger partial charge on any atom is -0.365 e. The largest absolute Gasteiger partial charge is 0.365 e. The molecule has 0 fully saturated rings. The minimum absolute atomic E-state index is 0.119. The first kappa shape index (κ1) is 17.6. The number of nitrogens with zero attached hydrogens (tertiary/aromatic N) is 3. The first-order chi connectivity index (χ1) is 13.7. The fourth-order valence-electron chi connectivity index (χ4n) is 2.95. The van der Waals surface area contributed by atoms with Crippen molar-refractivity contribution in [3.8, 4) is 11.4 Å². The van der Waals surface area contributed by atoms with Crippen LogP contribution in [0.15, 0.2) is 73.1 Å². The van der Waals surface area contributed by atoms with Crippen LogP contribution in [-0.4, -0.2) is 20.9 Å². The summed E-state index contributed by atoms with van der Waals surface area (Å²) in [6.07, 6.45) is 3.46. The molecule has 0 atom stereocenters. The van der Waals surface area contributed by atoms with Gasteiger partial charge in [-0.15, -0.1) is 0 Å². The van der Waals surface area contributed by atoms with E-state index in [1.807, 2.05) is 48.5 Å². The van der Waals surface area contributed by atoms with E-state index in [2.05, 4.69) is 32.7 Å². The highest BCUT2D eigenvalue weighted by Crippen LogP contribution is 2.27. The van der Waals surface area contributed by atoms with Gasteiger partial charge in [0.25, 0.3) is 0 Å². The number of nitrogens with one attached hydrogen (secondary N) is 2. The average molecular weight is 369 g/mol. The van der Waals surface area contributed by atoms with Crippen molar-refractivity contribution in [2.45, 2.75) is 13.5 Å². The van der Waals surface area contributed by atoms with E-state index in [9.17, 15) is 4.79 Å². The Balaban J connectivity index is 1.78. The van der Waals surface area contributed by atoms with Crippen molar-refractivity contribution < 1.29 is 4.79 Å². The third-order valence-corrected chi connectivity index (χ3v) is 4.24. The number of anilines is 2. The quantitative estimate of drug-likeness (QED) is 0.549. The minimum atomic E-state index is -0.119. The number of fused-ring (bicyclic) bond motifs is 1. The number of amides is 1. The van der Waals surface area contributed by atoms with Gasteiger partial charge in [0.15, 0.2) is 5.82 Å². The molecule has 0 aliphatic carbocycles. The lowest BCUT2D eigenvalue weighted by Crippen LogP contribution is -2.07. The van der Waals surface area contributed by atoms with E-state index in [0.29, 0.717) is 23.9 Å². The van der Waals surface area contributed by atoms with Crippen molar-refractivity contribution in [3.05, 3.63) is 78.6 Å². The van der Waals surface area contributed by atoms with Crippen molar-refractivity contribution in [2.75, 3.05) is 10.6 Å². The van der Waals surface area contributed by atoms with Gasteiger partial charge in [-0.2, -0.15) is 0 Å². The van der Waals surface area contributed by atoms with Gasteiger partial charge in [-0.25, -0.2) is 9.97 Å². The molecule has 2 heterocycles. The number of hydrogen-bond acceptors (Lipinski definition) is 5. The fraction of sp³-hybridized carbons (Fsp3) is 0.0909. The number of hydrogen-bond donors (Lipinski definition) is 2. The lowest BCUT2D eigenvalue weighted by Gasteiger charge is -2.12. The monoisotopic (exact) mass is 369 g/mol. The highest BCUT2D eigenvalue weighted by molar-refractivity contribution is 5.96. The summed E-state index contributed by atoms with van der Waals surface area (Å²) >= 11 is 0. The van der Waals surface area contributed by atoms with Crippen LogP contribution >= 0.6 is 0 Å². The number of carbonyl (C=O) groups is 1. The van der Waals surface area contributed by atoms with Gasteiger partial charge in [0, 0.05) is 42.5 Å². The number of pyridine rings is 1. The Labute approximate surface area is 162 Å². The van der Waals surface area contributed by atoms with Crippen molar-refractivity contribution >= 4 is 28.3 Å². The molecule has 2 N–H and O–H groups in total. The molecule has 0 aliphatic rings. The predicted octanol–water partition coefficient (Wildman–Crippen LogP) is 4.26. The maximum absolute atomic E-state index is 11.4. The van der Waals surface area contributed by atoms with Gasteiger partial charge in [-0.05, 0) is 35.9 Å². The predicted molar refractivity (Wildman–Crippen MR) is 111 cm³/mol. The number of benzene rings is 2. The van der Waals surface area contributed by atoms with Gasteiger partial charge in [-0.3, -0.25) is 9.78 Å². The summed E-state index contributed by atoms with van der Waals surface area (Å²) in [6.45, 7) is 2.12. The van der Waals surface area contributed by atoms with Gasteiger partial charge < -0.3 is 10.6 Å². The molecule has 0 saturated carbocycles. The van der Waals surface area contributed by atoms with Crippen LogP contribution in [0, 0.1) is 0 Å². The second kappa shape index (κ2) is 7.84. The highest BCUT2D eigenvalue weighted by atomic mass is 16.1. The third kappa shape index (κ3) is 3.96. The van der Waals surface area contributed by atoms with Gasteiger partial charge >= 0.3 is 0 Å². The topological polar surface area (TPSA) is 79.8 Å².